The number of phenolic OH excluding ortho intramolecular Hbond substituents is 2. The van der Waals surface area contributed by atoms with Gasteiger partial charge in [-0.1, -0.05) is 49.1 Å². The molecule has 2 aromatic heterocycles. The molecular weight excluding hydrogens is 1040 g/mol. The summed E-state index contributed by atoms with van der Waals surface area (Å²) in [7, 11) is -7.31. The van der Waals surface area contributed by atoms with Crippen LogP contribution >= 0.6 is 22.6 Å². The summed E-state index contributed by atoms with van der Waals surface area (Å²) in [5.41, 5.74) is 3.10. The minimum atomic E-state index is -3.77. The molecular formula is C50H55IN6O10S2. The molecule has 0 aliphatic carbocycles. The van der Waals surface area contributed by atoms with Crippen molar-refractivity contribution in [3.05, 3.63) is 160 Å². The molecule has 0 saturated carbocycles. The van der Waals surface area contributed by atoms with Gasteiger partial charge in [-0.05, 0) is 179 Å². The third-order valence-electron chi connectivity index (χ3n) is 8.80. The molecule has 0 radical (unpaired) electrons. The van der Waals surface area contributed by atoms with Crippen LogP contribution in [-0.4, -0.2) is 60.4 Å². The van der Waals surface area contributed by atoms with Crippen molar-refractivity contribution in [1.82, 2.24) is 9.97 Å². The summed E-state index contributed by atoms with van der Waals surface area (Å²) in [5, 5.41) is 25.0. The number of sulfonamides is 2. The standard InChI is InChI=1S/C25H27N3O5S.C14H19NO3.C11H9IN2O2S/c1-17-15-19(21(16-22(17)29)27-24(30)33-25(2,3)4)11-8-18-9-12-20(13-10-18)34(31,32)28-23-7-5-6-14-26-23;1-6-10-7-9(2)12(16)8-11(10)15-13(17)18-14(3,4)5;12-9-4-6-10(7-5-9)17(15,16)14-11-3-1-2-8-13-11/h5-16,29H,1-4H3,(H,26,28)(H,27,30);6-8,16H,1H2,2-5H3,(H,15,17);1-8H,(H,13,14)/b11-8+;;. The summed E-state index contributed by atoms with van der Waals surface area (Å²) in [6, 6.07) is 29.3. The summed E-state index contributed by atoms with van der Waals surface area (Å²) in [5.74, 6) is 0.704. The van der Waals surface area contributed by atoms with Gasteiger partial charge in [0.1, 0.15) is 34.3 Å². The van der Waals surface area contributed by atoms with E-state index in [1.807, 2.05) is 0 Å². The third-order valence-corrected chi connectivity index (χ3v) is 12.3. The van der Waals surface area contributed by atoms with E-state index in [1.54, 1.807) is 159 Å². The highest BCUT2D eigenvalue weighted by Crippen LogP contribution is 2.29. The molecule has 0 atom stereocenters. The Kier molecular flexibility index (Phi) is 18.9. The first-order valence-electron chi connectivity index (χ1n) is 20.9. The zero-order chi connectivity index (χ0) is 51.2. The monoisotopic (exact) mass is 1090 g/mol. The highest BCUT2D eigenvalue weighted by molar-refractivity contribution is 14.1. The van der Waals surface area contributed by atoms with Gasteiger partial charge in [0.05, 0.1) is 21.2 Å². The van der Waals surface area contributed by atoms with Crippen molar-refractivity contribution >= 4 is 96.1 Å². The molecule has 0 aliphatic rings. The Hall–Kier alpha value is -6.97. The highest BCUT2D eigenvalue weighted by Gasteiger charge is 2.20. The molecule has 0 aliphatic heterocycles. The van der Waals surface area contributed by atoms with Crippen molar-refractivity contribution in [2.45, 2.75) is 76.4 Å². The van der Waals surface area contributed by atoms with E-state index in [-0.39, 0.29) is 27.1 Å². The fraction of sp³-hybridized carbons (Fsp3) is 0.200. The maximum absolute atomic E-state index is 12.6. The van der Waals surface area contributed by atoms with E-state index in [4.69, 9.17) is 9.47 Å². The van der Waals surface area contributed by atoms with E-state index in [0.717, 1.165) is 20.3 Å². The predicted octanol–water partition coefficient (Wildman–Crippen LogP) is 11.6. The Morgan fingerprint density at radius 2 is 1.01 bits per heavy atom. The first-order valence-corrected chi connectivity index (χ1v) is 25.0. The number of ether oxygens (including phenoxy) is 2. The fourth-order valence-electron chi connectivity index (χ4n) is 5.59. The van der Waals surface area contributed by atoms with Crippen molar-refractivity contribution in [2.75, 3.05) is 20.1 Å². The number of anilines is 4. The van der Waals surface area contributed by atoms with Gasteiger partial charge in [0.15, 0.2) is 0 Å². The summed E-state index contributed by atoms with van der Waals surface area (Å²) in [4.78, 5) is 32.1. The van der Waals surface area contributed by atoms with Crippen molar-refractivity contribution in [2.24, 2.45) is 0 Å². The number of nitrogens with one attached hydrogen (secondary N) is 4. The number of aryl methyl sites for hydroxylation is 2. The van der Waals surface area contributed by atoms with Gasteiger partial charge in [-0.25, -0.2) is 36.4 Å². The number of nitrogens with zero attached hydrogens (tertiary/aromatic N) is 2. The first kappa shape index (κ1) is 54.6. The van der Waals surface area contributed by atoms with Gasteiger partial charge in [0.25, 0.3) is 20.0 Å². The molecule has 69 heavy (non-hydrogen) atoms. The van der Waals surface area contributed by atoms with Gasteiger partial charge < -0.3 is 19.7 Å². The Balaban J connectivity index is 0.000000249. The van der Waals surface area contributed by atoms with Gasteiger partial charge in [0.2, 0.25) is 0 Å². The zero-order valence-corrected chi connectivity index (χ0v) is 43.0. The quantitative estimate of drug-likeness (QED) is 0.0525. The SMILES string of the molecule is C=Cc1cc(C)c(O)cc1NC(=O)OC(C)(C)C.Cc1cc(/C=C/c2ccc(S(=O)(=O)Nc3ccccn3)cc2)c(NC(=O)OC(C)(C)C)cc1O.O=S(=O)(Nc1ccccn1)c1ccc(I)cc1. The Morgan fingerprint density at radius 1 is 0.609 bits per heavy atom. The number of pyridine rings is 2. The van der Waals surface area contributed by atoms with Crippen LogP contribution in [0.4, 0.5) is 32.6 Å². The second-order valence-electron chi connectivity index (χ2n) is 16.9. The van der Waals surface area contributed by atoms with Crippen LogP contribution in [0.3, 0.4) is 0 Å². The molecule has 0 bridgehead atoms. The van der Waals surface area contributed by atoms with Crippen LogP contribution in [0.25, 0.3) is 18.2 Å². The third kappa shape index (κ3) is 18.2. The average Bonchev–Trinajstić information content (AvgIpc) is 3.25. The number of halogens is 1. The number of amides is 2. The van der Waals surface area contributed by atoms with Crippen LogP contribution in [0.2, 0.25) is 0 Å². The largest absolute Gasteiger partial charge is 0.508 e. The molecule has 2 heterocycles. The lowest BCUT2D eigenvalue weighted by molar-refractivity contribution is 0.0624. The molecule has 16 nitrogen and oxygen atoms in total. The maximum atomic E-state index is 12.6. The second-order valence-corrected chi connectivity index (χ2v) is 21.5. The van der Waals surface area contributed by atoms with Gasteiger partial charge in [-0.2, -0.15) is 0 Å². The average molecular weight is 1090 g/mol. The van der Waals surface area contributed by atoms with Crippen LogP contribution in [0, 0.1) is 17.4 Å². The molecule has 6 N–H and O–H groups in total. The Labute approximate surface area is 417 Å². The molecule has 6 rings (SSSR count). The van der Waals surface area contributed by atoms with Crippen molar-refractivity contribution in [3.8, 4) is 11.5 Å². The lowest BCUT2D eigenvalue weighted by atomic mass is 10.1. The number of carbonyl (C=O) groups is 2. The molecule has 4 aromatic carbocycles. The Morgan fingerprint density at radius 3 is 1.41 bits per heavy atom. The number of aromatic hydroxyl groups is 2. The van der Waals surface area contributed by atoms with Gasteiger partial charge in [0, 0.05) is 28.1 Å². The van der Waals surface area contributed by atoms with E-state index < -0.39 is 43.4 Å². The lowest BCUT2D eigenvalue weighted by Gasteiger charge is -2.20. The summed E-state index contributed by atoms with van der Waals surface area (Å²) in [6.45, 7) is 17.8. The van der Waals surface area contributed by atoms with Crippen LogP contribution < -0.4 is 20.1 Å². The summed E-state index contributed by atoms with van der Waals surface area (Å²) >= 11 is 2.12. The normalized spacial score (nSPS) is 11.4. The van der Waals surface area contributed by atoms with Gasteiger partial charge in [-0.3, -0.25) is 20.1 Å². The second kappa shape index (κ2) is 23.8. The van der Waals surface area contributed by atoms with Gasteiger partial charge >= 0.3 is 12.2 Å². The molecule has 2 amide bonds. The predicted molar refractivity (Wildman–Crippen MR) is 280 cm³/mol. The van der Waals surface area contributed by atoms with Crippen molar-refractivity contribution < 1.29 is 46.1 Å². The van der Waals surface area contributed by atoms with E-state index >= 15 is 0 Å². The topological polar surface area (TPSA) is 235 Å². The smallest absolute Gasteiger partial charge is 0.412 e. The summed E-state index contributed by atoms with van der Waals surface area (Å²) < 4.78 is 65.3. The van der Waals surface area contributed by atoms with E-state index in [0.29, 0.717) is 28.3 Å². The van der Waals surface area contributed by atoms with Gasteiger partial charge in [-0.15, -0.1) is 0 Å². The Bertz CT molecular complexity index is 2980. The molecule has 0 fully saturated rings. The number of hydrogen-bond acceptors (Lipinski definition) is 12. The highest BCUT2D eigenvalue weighted by atomic mass is 127. The number of phenols is 2. The molecule has 0 saturated heterocycles. The van der Waals surface area contributed by atoms with Crippen molar-refractivity contribution in [1.29, 1.82) is 0 Å². The van der Waals surface area contributed by atoms with Crippen molar-refractivity contribution in [3.63, 3.8) is 0 Å². The number of aromatic nitrogens is 2. The van der Waals surface area contributed by atoms with E-state index in [1.165, 1.54) is 36.7 Å². The van der Waals surface area contributed by atoms with E-state index in [9.17, 15) is 36.6 Å². The molecule has 6 aromatic rings. The first-order chi connectivity index (χ1) is 32.2. The molecule has 19 heteroatoms. The zero-order valence-electron chi connectivity index (χ0n) is 39.2. The minimum Gasteiger partial charge on any atom is -0.508 e. The van der Waals surface area contributed by atoms with E-state index in [2.05, 4.69) is 59.2 Å². The fourth-order valence-corrected chi connectivity index (χ4v) is 7.96. The molecule has 364 valence electrons. The number of carbonyl (C=O) groups excluding carboxylic acids is 2. The number of hydrogen-bond donors (Lipinski definition) is 6. The molecule has 0 unspecified atom stereocenters. The number of rotatable bonds is 11. The van der Waals surface area contributed by atoms with Crippen LogP contribution in [0.15, 0.2) is 138 Å². The maximum Gasteiger partial charge on any atom is 0.412 e. The van der Waals surface area contributed by atoms with Crippen LogP contribution in [-0.2, 0) is 29.5 Å². The number of benzene rings is 4. The van der Waals surface area contributed by atoms with Crippen LogP contribution in [0.5, 0.6) is 11.5 Å². The molecule has 0 spiro atoms. The van der Waals surface area contributed by atoms with Crippen LogP contribution in [0.1, 0.15) is 69.4 Å². The lowest BCUT2D eigenvalue weighted by Crippen LogP contribution is -2.27. The minimum absolute atomic E-state index is 0.0400. The summed E-state index contributed by atoms with van der Waals surface area (Å²) in [6.07, 6.45) is 6.98.